The predicted octanol–water partition coefficient (Wildman–Crippen LogP) is 0.896. The minimum atomic E-state index is 0.582. The highest BCUT2D eigenvalue weighted by molar-refractivity contribution is 5.71. The molecule has 0 aromatic carbocycles. The van der Waals surface area contributed by atoms with Crippen LogP contribution in [0, 0.1) is 0 Å². The topological polar surface area (TPSA) is 18.8 Å². The zero-order valence-corrected chi connectivity index (χ0v) is 7.48. The molecule has 1 saturated heterocycles. The van der Waals surface area contributed by atoms with E-state index < -0.39 is 0 Å². The fourth-order valence-corrected chi connectivity index (χ4v) is 1.90. The minimum absolute atomic E-state index is 0.582. The zero-order chi connectivity index (χ0) is 8.39. The van der Waals surface area contributed by atoms with Crippen molar-refractivity contribution in [2.75, 3.05) is 20.3 Å². The second-order valence-electron chi connectivity index (χ2n) is 3.43. The van der Waals surface area contributed by atoms with Gasteiger partial charge >= 0.3 is 0 Å². The van der Waals surface area contributed by atoms with Gasteiger partial charge in [-0.2, -0.15) is 0 Å². The molecule has 0 spiro atoms. The van der Waals surface area contributed by atoms with Gasteiger partial charge in [0, 0.05) is 12.4 Å². The summed E-state index contributed by atoms with van der Waals surface area (Å²) in [5.41, 5.74) is 0. The summed E-state index contributed by atoms with van der Waals surface area (Å²) in [6.07, 6.45) is 9.19. The van der Waals surface area contributed by atoms with Crippen molar-refractivity contribution in [3.05, 3.63) is 12.3 Å². The van der Waals surface area contributed by atoms with Gasteiger partial charge < -0.3 is 4.90 Å². The Bertz CT molecular complexity index is 210. The predicted molar refractivity (Wildman–Crippen MR) is 50.0 cm³/mol. The molecule has 0 N–H and O–H groups in total. The van der Waals surface area contributed by atoms with Gasteiger partial charge in [-0.15, -0.1) is 0 Å². The van der Waals surface area contributed by atoms with Crippen molar-refractivity contribution in [2.45, 2.75) is 19.0 Å². The molecule has 0 bridgehead atoms. The SMILES string of the molecule is CN1CCC[C@@H]1N1C=CC=NC1. The molecule has 2 aliphatic rings. The van der Waals surface area contributed by atoms with Gasteiger partial charge in [-0.3, -0.25) is 9.89 Å². The highest BCUT2D eigenvalue weighted by Crippen LogP contribution is 2.19. The number of hydrogen-bond acceptors (Lipinski definition) is 3. The van der Waals surface area contributed by atoms with Crippen molar-refractivity contribution in [3.8, 4) is 0 Å². The van der Waals surface area contributed by atoms with E-state index in [4.69, 9.17) is 0 Å². The number of aliphatic imine (C=N–C) groups is 1. The Labute approximate surface area is 73.4 Å². The first kappa shape index (κ1) is 7.80. The molecule has 0 unspecified atom stereocenters. The van der Waals surface area contributed by atoms with Crippen LogP contribution in [0.15, 0.2) is 17.3 Å². The van der Waals surface area contributed by atoms with E-state index >= 15 is 0 Å². The standard InChI is InChI=1S/C9H15N3/c1-11-6-2-4-9(11)12-7-3-5-10-8-12/h3,5,7,9H,2,4,6,8H2,1H3/t9-/m0/s1. The van der Waals surface area contributed by atoms with Gasteiger partial charge in [-0.1, -0.05) is 0 Å². The summed E-state index contributed by atoms with van der Waals surface area (Å²) in [7, 11) is 2.18. The lowest BCUT2D eigenvalue weighted by atomic mass is 10.3. The maximum absolute atomic E-state index is 4.22. The van der Waals surface area contributed by atoms with Crippen LogP contribution in [-0.2, 0) is 0 Å². The summed E-state index contributed by atoms with van der Waals surface area (Å²) < 4.78 is 0. The van der Waals surface area contributed by atoms with E-state index in [0.29, 0.717) is 6.17 Å². The molecule has 0 aromatic rings. The molecule has 3 heteroatoms. The molecule has 2 rings (SSSR count). The summed E-state index contributed by atoms with van der Waals surface area (Å²) in [6.45, 7) is 2.05. The molecule has 3 nitrogen and oxygen atoms in total. The molecular formula is C9H15N3. The zero-order valence-electron chi connectivity index (χ0n) is 7.48. The van der Waals surface area contributed by atoms with Crippen LogP contribution in [0.3, 0.4) is 0 Å². The van der Waals surface area contributed by atoms with Gasteiger partial charge in [0.25, 0.3) is 0 Å². The molecule has 0 saturated carbocycles. The highest BCUT2D eigenvalue weighted by atomic mass is 15.4. The Morgan fingerprint density at radius 1 is 1.50 bits per heavy atom. The van der Waals surface area contributed by atoms with E-state index in [1.807, 2.05) is 12.3 Å². The normalized spacial score (nSPS) is 30.1. The second-order valence-corrected chi connectivity index (χ2v) is 3.43. The van der Waals surface area contributed by atoms with Crippen LogP contribution >= 0.6 is 0 Å². The first-order chi connectivity index (χ1) is 5.88. The summed E-state index contributed by atoms with van der Waals surface area (Å²) in [5.74, 6) is 0. The quantitative estimate of drug-likeness (QED) is 0.575. The smallest absolute Gasteiger partial charge is 0.111 e. The van der Waals surface area contributed by atoms with Crippen LogP contribution in [0.25, 0.3) is 0 Å². The minimum Gasteiger partial charge on any atom is -0.343 e. The van der Waals surface area contributed by atoms with Crippen LogP contribution in [0.4, 0.5) is 0 Å². The molecule has 2 heterocycles. The summed E-state index contributed by atoms with van der Waals surface area (Å²) in [4.78, 5) is 8.92. The van der Waals surface area contributed by atoms with E-state index in [2.05, 4.69) is 28.0 Å². The van der Waals surface area contributed by atoms with Gasteiger partial charge in [0.05, 0.1) is 6.17 Å². The molecule has 2 aliphatic heterocycles. The molecular weight excluding hydrogens is 150 g/mol. The van der Waals surface area contributed by atoms with Crippen molar-refractivity contribution >= 4 is 6.21 Å². The van der Waals surface area contributed by atoms with Gasteiger partial charge in [0.1, 0.15) is 6.67 Å². The van der Waals surface area contributed by atoms with Crippen LogP contribution in [0.5, 0.6) is 0 Å². The van der Waals surface area contributed by atoms with E-state index in [-0.39, 0.29) is 0 Å². The lowest BCUT2D eigenvalue weighted by Crippen LogP contribution is -2.40. The van der Waals surface area contributed by atoms with Crippen molar-refractivity contribution < 1.29 is 0 Å². The summed E-state index contributed by atoms with van der Waals surface area (Å²) in [5, 5.41) is 0. The van der Waals surface area contributed by atoms with Gasteiger partial charge in [-0.05, 0) is 32.5 Å². The maximum Gasteiger partial charge on any atom is 0.111 e. The van der Waals surface area contributed by atoms with Crippen molar-refractivity contribution in [3.63, 3.8) is 0 Å². The fraction of sp³-hybridized carbons (Fsp3) is 0.667. The van der Waals surface area contributed by atoms with Gasteiger partial charge in [0.15, 0.2) is 0 Å². The Kier molecular flexibility index (Phi) is 2.13. The number of likely N-dealkylation sites (tertiary alicyclic amines) is 1. The number of nitrogens with zero attached hydrogens (tertiary/aromatic N) is 3. The number of rotatable bonds is 1. The first-order valence-corrected chi connectivity index (χ1v) is 4.50. The third-order valence-corrected chi connectivity index (χ3v) is 2.58. The van der Waals surface area contributed by atoms with Gasteiger partial charge in [-0.25, -0.2) is 0 Å². The Morgan fingerprint density at radius 2 is 2.42 bits per heavy atom. The second kappa shape index (κ2) is 3.27. The average molecular weight is 165 g/mol. The summed E-state index contributed by atoms with van der Waals surface area (Å²) >= 11 is 0. The maximum atomic E-state index is 4.22. The molecule has 1 atom stereocenters. The van der Waals surface area contributed by atoms with Gasteiger partial charge in [0.2, 0.25) is 0 Å². The molecule has 1 fully saturated rings. The van der Waals surface area contributed by atoms with Crippen molar-refractivity contribution in [1.82, 2.24) is 9.80 Å². The first-order valence-electron chi connectivity index (χ1n) is 4.50. The lowest BCUT2D eigenvalue weighted by molar-refractivity contribution is 0.143. The van der Waals surface area contributed by atoms with Crippen molar-refractivity contribution in [2.24, 2.45) is 4.99 Å². The summed E-state index contributed by atoms with van der Waals surface area (Å²) in [6, 6.07) is 0. The van der Waals surface area contributed by atoms with Crippen LogP contribution < -0.4 is 0 Å². The molecule has 0 radical (unpaired) electrons. The lowest BCUT2D eigenvalue weighted by Gasteiger charge is -2.31. The Balaban J connectivity index is 1.99. The average Bonchev–Trinajstić information content (AvgIpc) is 2.53. The monoisotopic (exact) mass is 165 g/mol. The number of allylic oxidation sites excluding steroid dienone is 1. The molecule has 12 heavy (non-hydrogen) atoms. The molecule has 0 aliphatic carbocycles. The molecule has 66 valence electrons. The van der Waals surface area contributed by atoms with Crippen LogP contribution in [0.1, 0.15) is 12.8 Å². The Hall–Kier alpha value is -0.830. The Morgan fingerprint density at radius 3 is 3.00 bits per heavy atom. The molecule has 0 aromatic heterocycles. The van der Waals surface area contributed by atoms with E-state index in [9.17, 15) is 0 Å². The van der Waals surface area contributed by atoms with E-state index in [1.165, 1.54) is 19.4 Å². The largest absolute Gasteiger partial charge is 0.343 e. The van der Waals surface area contributed by atoms with Crippen LogP contribution in [-0.4, -0.2) is 42.4 Å². The van der Waals surface area contributed by atoms with Crippen molar-refractivity contribution in [1.29, 1.82) is 0 Å². The van der Waals surface area contributed by atoms with Crippen LogP contribution in [0.2, 0.25) is 0 Å². The number of hydrogen-bond donors (Lipinski definition) is 0. The third-order valence-electron chi connectivity index (χ3n) is 2.58. The van der Waals surface area contributed by atoms with E-state index in [0.717, 1.165) is 6.67 Å². The molecule has 0 amide bonds. The third kappa shape index (κ3) is 1.37. The highest BCUT2D eigenvalue weighted by Gasteiger charge is 2.25. The fourth-order valence-electron chi connectivity index (χ4n) is 1.90. The van der Waals surface area contributed by atoms with E-state index in [1.54, 1.807) is 0 Å².